The predicted octanol–water partition coefficient (Wildman–Crippen LogP) is 17.6. The minimum absolute atomic E-state index is 0.0543. The summed E-state index contributed by atoms with van der Waals surface area (Å²) in [4.78, 5) is 23.3. The van der Waals surface area contributed by atoms with Gasteiger partial charge in [-0.2, -0.15) is 0 Å². The number of phosphoric ester groups is 1. The van der Waals surface area contributed by atoms with Gasteiger partial charge in [0, 0.05) is 6.42 Å². The third-order valence-electron chi connectivity index (χ3n) is 12.6. The first-order chi connectivity index (χ1) is 34.0. The van der Waals surface area contributed by atoms with Crippen LogP contribution in [0.4, 0.5) is 0 Å². The lowest BCUT2D eigenvalue weighted by atomic mass is 10.0. The van der Waals surface area contributed by atoms with Gasteiger partial charge in [0.15, 0.2) is 0 Å². The standard InChI is InChI=1S/C61H111N2O6P/c1-6-8-10-12-14-16-18-20-22-23-24-25-26-27-28-29-30-31-32-33-34-35-36-37-38-39-41-43-45-47-49-51-53-55-61(65)62-59(58-69-70(66,67)68-57-56-63(3,4)5)60(64)54-52-50-48-46-44-42-40-21-19-17-15-13-11-9-7-2/h8,10,14,16,20,22,24-25,27-28,44,46,52,54,59-60,64H,6-7,9,11-13,15,17-19,21,23,26,29-43,45,47-51,53,55-58H2,1-5H3,(H-,62,65,66,67)/p+1/b10-8-,16-14-,22-20-,25-24-,28-27-,46-44+,54-52+. The van der Waals surface area contributed by atoms with Gasteiger partial charge in [0.25, 0.3) is 0 Å². The average Bonchev–Trinajstić information content (AvgIpc) is 3.32. The molecule has 0 saturated carbocycles. The van der Waals surface area contributed by atoms with Gasteiger partial charge >= 0.3 is 7.82 Å². The maximum atomic E-state index is 13.0. The summed E-state index contributed by atoms with van der Waals surface area (Å²) in [5.74, 6) is -0.188. The Bertz CT molecular complexity index is 1410. The maximum absolute atomic E-state index is 13.0. The maximum Gasteiger partial charge on any atom is 0.472 e. The number of rotatable bonds is 52. The lowest BCUT2D eigenvalue weighted by Crippen LogP contribution is -2.45. The van der Waals surface area contributed by atoms with E-state index < -0.39 is 20.0 Å². The predicted molar refractivity (Wildman–Crippen MR) is 304 cm³/mol. The van der Waals surface area contributed by atoms with Crippen LogP contribution in [0.5, 0.6) is 0 Å². The second-order valence-electron chi connectivity index (χ2n) is 20.6. The summed E-state index contributed by atoms with van der Waals surface area (Å²) in [6.07, 6.45) is 72.6. The number of quaternary nitrogens is 1. The van der Waals surface area contributed by atoms with Crippen molar-refractivity contribution in [2.24, 2.45) is 0 Å². The highest BCUT2D eigenvalue weighted by molar-refractivity contribution is 7.47. The van der Waals surface area contributed by atoms with Gasteiger partial charge < -0.3 is 19.8 Å². The van der Waals surface area contributed by atoms with Crippen LogP contribution in [-0.2, 0) is 18.4 Å². The fraction of sp³-hybridized carbons (Fsp3) is 0.754. The molecule has 0 spiro atoms. The van der Waals surface area contributed by atoms with Gasteiger partial charge in [0.1, 0.15) is 13.2 Å². The molecular weight excluding hydrogens is 888 g/mol. The smallest absolute Gasteiger partial charge is 0.387 e. The molecule has 0 heterocycles. The molecule has 8 nitrogen and oxygen atoms in total. The molecule has 0 bridgehead atoms. The molecule has 0 fully saturated rings. The number of amides is 1. The van der Waals surface area contributed by atoms with Crippen molar-refractivity contribution in [1.82, 2.24) is 5.32 Å². The Morgan fingerprint density at radius 1 is 0.500 bits per heavy atom. The summed E-state index contributed by atoms with van der Waals surface area (Å²) in [6.45, 7) is 4.68. The number of allylic oxidation sites excluding steroid dienone is 13. The summed E-state index contributed by atoms with van der Waals surface area (Å²) >= 11 is 0. The van der Waals surface area contributed by atoms with E-state index >= 15 is 0 Å². The van der Waals surface area contributed by atoms with Crippen LogP contribution in [0.1, 0.15) is 245 Å². The molecule has 3 atom stereocenters. The molecule has 0 aromatic heterocycles. The Morgan fingerprint density at radius 2 is 0.871 bits per heavy atom. The van der Waals surface area contributed by atoms with Crippen molar-refractivity contribution >= 4 is 13.7 Å². The van der Waals surface area contributed by atoms with Gasteiger partial charge in [0.05, 0.1) is 39.9 Å². The number of likely N-dealkylation sites (N-methyl/N-ethyl adjacent to an activating group) is 1. The van der Waals surface area contributed by atoms with Crippen molar-refractivity contribution in [2.45, 2.75) is 257 Å². The number of carbonyl (C=O) groups excluding carboxylic acids is 1. The molecule has 0 saturated heterocycles. The first kappa shape index (κ1) is 67.7. The van der Waals surface area contributed by atoms with E-state index in [1.54, 1.807) is 6.08 Å². The summed E-state index contributed by atoms with van der Waals surface area (Å²) in [7, 11) is 1.55. The molecule has 0 aliphatic heterocycles. The first-order valence-electron chi connectivity index (χ1n) is 29.0. The van der Waals surface area contributed by atoms with E-state index in [-0.39, 0.29) is 19.1 Å². The van der Waals surface area contributed by atoms with Crippen molar-refractivity contribution < 1.29 is 32.9 Å². The number of unbranched alkanes of at least 4 members (excludes halogenated alkanes) is 27. The Kier molecular flexibility index (Phi) is 49.9. The molecule has 3 N–H and O–H groups in total. The van der Waals surface area contributed by atoms with Crippen molar-refractivity contribution in [2.75, 3.05) is 40.9 Å². The number of nitrogens with one attached hydrogen (secondary N) is 1. The van der Waals surface area contributed by atoms with Gasteiger partial charge in [-0.3, -0.25) is 13.8 Å². The molecule has 70 heavy (non-hydrogen) atoms. The Morgan fingerprint density at radius 3 is 1.31 bits per heavy atom. The minimum Gasteiger partial charge on any atom is -0.387 e. The fourth-order valence-electron chi connectivity index (χ4n) is 8.09. The quantitative estimate of drug-likeness (QED) is 0.0243. The highest BCUT2D eigenvalue weighted by atomic mass is 31.2. The van der Waals surface area contributed by atoms with Gasteiger partial charge in [-0.15, -0.1) is 0 Å². The number of carbonyl (C=O) groups is 1. The number of aliphatic hydroxyl groups is 1. The second-order valence-corrected chi connectivity index (χ2v) is 22.1. The Labute approximate surface area is 433 Å². The van der Waals surface area contributed by atoms with E-state index in [9.17, 15) is 19.4 Å². The zero-order valence-corrected chi connectivity index (χ0v) is 47.1. The van der Waals surface area contributed by atoms with Crippen molar-refractivity contribution in [3.05, 3.63) is 85.1 Å². The van der Waals surface area contributed by atoms with Crippen LogP contribution in [-0.4, -0.2) is 73.4 Å². The molecule has 0 aromatic rings. The number of hydrogen-bond acceptors (Lipinski definition) is 5. The molecule has 0 aromatic carbocycles. The molecule has 0 rings (SSSR count). The molecule has 0 radical (unpaired) electrons. The summed E-state index contributed by atoms with van der Waals surface area (Å²) < 4.78 is 23.7. The second kappa shape index (κ2) is 51.6. The normalized spacial score (nSPS) is 14.6. The van der Waals surface area contributed by atoms with Gasteiger partial charge in [0.2, 0.25) is 5.91 Å². The van der Waals surface area contributed by atoms with Crippen LogP contribution in [0.2, 0.25) is 0 Å². The summed E-state index contributed by atoms with van der Waals surface area (Å²) in [6, 6.07) is -0.866. The van der Waals surface area contributed by atoms with E-state index in [4.69, 9.17) is 9.05 Å². The van der Waals surface area contributed by atoms with Crippen molar-refractivity contribution in [3.8, 4) is 0 Å². The summed E-state index contributed by atoms with van der Waals surface area (Å²) in [5.41, 5.74) is 0. The first-order valence-corrected chi connectivity index (χ1v) is 30.5. The van der Waals surface area contributed by atoms with Crippen LogP contribution in [0.25, 0.3) is 0 Å². The van der Waals surface area contributed by atoms with Crippen LogP contribution < -0.4 is 5.32 Å². The topological polar surface area (TPSA) is 105 Å². The zero-order chi connectivity index (χ0) is 51.3. The number of nitrogens with zero attached hydrogens (tertiary/aromatic N) is 1. The number of phosphoric acid groups is 1. The molecule has 406 valence electrons. The largest absolute Gasteiger partial charge is 0.472 e. The van der Waals surface area contributed by atoms with E-state index in [2.05, 4.69) is 92.1 Å². The monoisotopic (exact) mass is 1000 g/mol. The lowest BCUT2D eigenvalue weighted by Gasteiger charge is -2.25. The van der Waals surface area contributed by atoms with Crippen LogP contribution >= 0.6 is 7.82 Å². The summed E-state index contributed by atoms with van der Waals surface area (Å²) in [5, 5.41) is 13.9. The van der Waals surface area contributed by atoms with E-state index in [0.717, 1.165) is 70.6 Å². The van der Waals surface area contributed by atoms with Crippen molar-refractivity contribution in [1.29, 1.82) is 0 Å². The SMILES string of the molecule is CC/C=C\C/C=C\C/C=C\C/C=C\C/C=C\CCCCCCCCCCCCCCCCCCCC(=O)NC(COP(=O)(O)OCC[N+](C)(C)C)C(O)/C=C/CC/C=C/CCCCCCCCCCC. The molecule has 0 aliphatic carbocycles. The Hall–Kier alpha value is -2.32. The Balaban J connectivity index is 4.10. The molecule has 9 heteroatoms. The zero-order valence-electron chi connectivity index (χ0n) is 46.2. The van der Waals surface area contributed by atoms with Gasteiger partial charge in [-0.05, 0) is 77.0 Å². The van der Waals surface area contributed by atoms with Gasteiger partial charge in [-0.1, -0.05) is 247 Å². The highest BCUT2D eigenvalue weighted by Crippen LogP contribution is 2.43. The molecule has 3 unspecified atom stereocenters. The van der Waals surface area contributed by atoms with E-state index in [1.807, 2.05) is 27.2 Å². The van der Waals surface area contributed by atoms with E-state index in [1.165, 1.54) is 154 Å². The fourth-order valence-corrected chi connectivity index (χ4v) is 8.82. The van der Waals surface area contributed by atoms with Gasteiger partial charge in [-0.25, -0.2) is 4.57 Å². The molecule has 1 amide bonds. The third kappa shape index (κ3) is 53.5. The highest BCUT2D eigenvalue weighted by Gasteiger charge is 2.27. The van der Waals surface area contributed by atoms with Crippen LogP contribution in [0.15, 0.2) is 85.1 Å². The number of hydrogen-bond donors (Lipinski definition) is 3. The molecular formula is C61H112N2O6P+. The lowest BCUT2D eigenvalue weighted by molar-refractivity contribution is -0.870. The third-order valence-corrected chi connectivity index (χ3v) is 13.6. The number of aliphatic hydroxyl groups excluding tert-OH is 1. The minimum atomic E-state index is -4.35. The average molecular weight is 1000 g/mol. The van der Waals surface area contributed by atoms with Crippen LogP contribution in [0.3, 0.4) is 0 Å². The van der Waals surface area contributed by atoms with E-state index in [0.29, 0.717) is 17.4 Å². The van der Waals surface area contributed by atoms with Crippen LogP contribution in [0, 0.1) is 0 Å². The molecule has 0 aliphatic rings. The van der Waals surface area contributed by atoms with Crippen molar-refractivity contribution in [3.63, 3.8) is 0 Å².